The Hall–Kier alpha value is -2.57. The molecule has 4 nitrogen and oxygen atoms in total. The van der Waals surface area contributed by atoms with Crippen LogP contribution in [0, 0.1) is 0 Å². The zero-order chi connectivity index (χ0) is 14.2. The molecule has 0 aliphatic rings. The van der Waals surface area contributed by atoms with Crippen LogP contribution in [0.25, 0.3) is 11.0 Å². The molecule has 0 spiro atoms. The van der Waals surface area contributed by atoms with Gasteiger partial charge in [0.25, 0.3) is 0 Å². The van der Waals surface area contributed by atoms with Crippen LogP contribution in [-0.4, -0.2) is 10.1 Å². The van der Waals surface area contributed by atoms with Crippen molar-refractivity contribution in [1.29, 1.82) is 0 Å². The number of alkyl halides is 3. The molecule has 1 aromatic carbocycles. The molecular formula is C13H8F3N3O. The van der Waals surface area contributed by atoms with Crippen LogP contribution in [0.5, 0.6) is 0 Å². The number of anilines is 2. The Morgan fingerprint density at radius 1 is 1.05 bits per heavy atom. The number of rotatable bonds is 2. The van der Waals surface area contributed by atoms with E-state index in [1.54, 1.807) is 24.5 Å². The number of hydrogen-bond donors (Lipinski definition) is 1. The summed E-state index contributed by atoms with van der Waals surface area (Å²) in [5.41, 5.74) is 0.0306. The number of hydrogen-bond acceptors (Lipinski definition) is 4. The summed E-state index contributed by atoms with van der Waals surface area (Å²) < 4.78 is 42.7. The number of nitrogens with zero attached hydrogens (tertiary/aromatic N) is 2. The minimum absolute atomic E-state index is 0.0800. The first-order chi connectivity index (χ1) is 9.54. The first-order valence-electron chi connectivity index (χ1n) is 5.68. The van der Waals surface area contributed by atoms with Crippen molar-refractivity contribution in [2.45, 2.75) is 6.18 Å². The lowest BCUT2D eigenvalue weighted by Crippen LogP contribution is -2.03. The number of pyridine rings is 1. The van der Waals surface area contributed by atoms with Gasteiger partial charge in [-0.2, -0.15) is 13.2 Å². The van der Waals surface area contributed by atoms with E-state index in [9.17, 15) is 13.2 Å². The first kappa shape index (κ1) is 12.5. The SMILES string of the molecule is FC(F)(F)c1ccc2c(Nc3ccncc3)noc2c1. The Balaban J connectivity index is 1.98. The lowest BCUT2D eigenvalue weighted by atomic mass is 10.1. The molecule has 0 aliphatic heterocycles. The van der Waals surface area contributed by atoms with Crippen LogP contribution in [-0.2, 0) is 6.18 Å². The predicted octanol–water partition coefficient (Wildman–Crippen LogP) is 3.99. The molecule has 0 saturated carbocycles. The molecule has 0 unspecified atom stereocenters. The van der Waals surface area contributed by atoms with Gasteiger partial charge in [0.15, 0.2) is 11.4 Å². The van der Waals surface area contributed by atoms with Crippen molar-refractivity contribution in [2.75, 3.05) is 5.32 Å². The number of nitrogens with one attached hydrogen (secondary N) is 1. The lowest BCUT2D eigenvalue weighted by molar-refractivity contribution is -0.137. The molecule has 0 aliphatic carbocycles. The van der Waals surface area contributed by atoms with Crippen LogP contribution in [0.1, 0.15) is 5.56 Å². The second-order valence-electron chi connectivity index (χ2n) is 4.10. The van der Waals surface area contributed by atoms with Crippen LogP contribution >= 0.6 is 0 Å². The van der Waals surface area contributed by atoms with E-state index in [-0.39, 0.29) is 5.58 Å². The molecule has 0 fully saturated rings. The molecule has 102 valence electrons. The summed E-state index contributed by atoms with van der Waals surface area (Å²) >= 11 is 0. The molecule has 0 radical (unpaired) electrons. The van der Waals surface area contributed by atoms with E-state index < -0.39 is 11.7 Å². The minimum Gasteiger partial charge on any atom is -0.354 e. The van der Waals surface area contributed by atoms with E-state index in [0.717, 1.165) is 17.8 Å². The van der Waals surface area contributed by atoms with E-state index in [2.05, 4.69) is 15.5 Å². The number of halogens is 3. The zero-order valence-electron chi connectivity index (χ0n) is 9.98. The zero-order valence-corrected chi connectivity index (χ0v) is 9.98. The highest BCUT2D eigenvalue weighted by Gasteiger charge is 2.31. The molecule has 7 heteroatoms. The van der Waals surface area contributed by atoms with Gasteiger partial charge in [-0.25, -0.2) is 0 Å². The number of fused-ring (bicyclic) bond motifs is 1. The van der Waals surface area contributed by atoms with Crippen LogP contribution in [0.15, 0.2) is 47.2 Å². The third-order valence-corrected chi connectivity index (χ3v) is 2.74. The Kier molecular flexibility index (Phi) is 2.81. The van der Waals surface area contributed by atoms with Crippen LogP contribution in [0.2, 0.25) is 0 Å². The van der Waals surface area contributed by atoms with Crippen molar-refractivity contribution in [3.63, 3.8) is 0 Å². The highest BCUT2D eigenvalue weighted by molar-refractivity contribution is 5.90. The maximum Gasteiger partial charge on any atom is 0.416 e. The van der Waals surface area contributed by atoms with Crippen molar-refractivity contribution >= 4 is 22.5 Å². The number of benzene rings is 1. The summed E-state index contributed by atoms with van der Waals surface area (Å²) in [5.74, 6) is 0.361. The Bertz CT molecular complexity index is 737. The van der Waals surface area contributed by atoms with Crippen LogP contribution in [0.4, 0.5) is 24.7 Å². The fraction of sp³-hybridized carbons (Fsp3) is 0.0769. The molecule has 1 N–H and O–H groups in total. The smallest absolute Gasteiger partial charge is 0.354 e. The second-order valence-corrected chi connectivity index (χ2v) is 4.10. The van der Waals surface area contributed by atoms with E-state index in [1.807, 2.05) is 0 Å². The van der Waals surface area contributed by atoms with Crippen LogP contribution < -0.4 is 5.32 Å². The first-order valence-corrected chi connectivity index (χ1v) is 5.68. The predicted molar refractivity (Wildman–Crippen MR) is 66.5 cm³/mol. The van der Waals surface area contributed by atoms with Crippen molar-refractivity contribution in [1.82, 2.24) is 10.1 Å². The highest BCUT2D eigenvalue weighted by atomic mass is 19.4. The van der Waals surface area contributed by atoms with Crippen molar-refractivity contribution in [2.24, 2.45) is 0 Å². The fourth-order valence-corrected chi connectivity index (χ4v) is 1.78. The molecule has 2 heterocycles. The quantitative estimate of drug-likeness (QED) is 0.770. The molecule has 20 heavy (non-hydrogen) atoms. The topological polar surface area (TPSA) is 51.0 Å². The molecule has 0 atom stereocenters. The van der Waals surface area contributed by atoms with Gasteiger partial charge in [-0.05, 0) is 30.3 Å². The summed E-state index contributed by atoms with van der Waals surface area (Å²) in [6.07, 6.45) is -1.22. The minimum atomic E-state index is -4.40. The fourth-order valence-electron chi connectivity index (χ4n) is 1.78. The Labute approximate surface area is 111 Å². The summed E-state index contributed by atoms with van der Waals surface area (Å²) in [4.78, 5) is 3.87. The summed E-state index contributed by atoms with van der Waals surface area (Å²) in [6, 6.07) is 6.69. The van der Waals surface area contributed by atoms with Gasteiger partial charge < -0.3 is 9.84 Å². The molecule has 0 bridgehead atoms. The van der Waals surface area contributed by atoms with Gasteiger partial charge in [-0.1, -0.05) is 5.16 Å². The standard InChI is InChI=1S/C13H8F3N3O/c14-13(15,16)8-1-2-10-11(7-8)20-19-12(10)18-9-3-5-17-6-4-9/h1-7H,(H,17,18,19). The third kappa shape index (κ3) is 2.29. The van der Waals surface area contributed by atoms with Gasteiger partial charge in [0.2, 0.25) is 0 Å². The number of aromatic nitrogens is 2. The largest absolute Gasteiger partial charge is 0.416 e. The van der Waals surface area contributed by atoms with Crippen molar-refractivity contribution in [3.8, 4) is 0 Å². The highest BCUT2D eigenvalue weighted by Crippen LogP contribution is 2.33. The Morgan fingerprint density at radius 2 is 1.80 bits per heavy atom. The molecule has 2 aromatic heterocycles. The average Bonchev–Trinajstić information content (AvgIpc) is 2.81. The van der Waals surface area contributed by atoms with Gasteiger partial charge >= 0.3 is 6.18 Å². The summed E-state index contributed by atoms with van der Waals surface area (Å²) in [7, 11) is 0. The molecule has 0 amide bonds. The maximum atomic E-state index is 12.6. The Morgan fingerprint density at radius 3 is 2.50 bits per heavy atom. The summed E-state index contributed by atoms with van der Waals surface area (Å²) in [6.45, 7) is 0. The van der Waals surface area contributed by atoms with Gasteiger partial charge in [0.1, 0.15) is 0 Å². The van der Waals surface area contributed by atoms with Crippen molar-refractivity contribution in [3.05, 3.63) is 48.3 Å². The van der Waals surface area contributed by atoms with E-state index >= 15 is 0 Å². The van der Waals surface area contributed by atoms with Crippen LogP contribution in [0.3, 0.4) is 0 Å². The monoisotopic (exact) mass is 279 g/mol. The van der Waals surface area contributed by atoms with E-state index in [1.165, 1.54) is 6.07 Å². The molecular weight excluding hydrogens is 271 g/mol. The van der Waals surface area contributed by atoms with E-state index in [4.69, 9.17) is 4.52 Å². The molecule has 3 rings (SSSR count). The van der Waals surface area contributed by atoms with Crippen molar-refractivity contribution < 1.29 is 17.7 Å². The van der Waals surface area contributed by atoms with Gasteiger partial charge in [-0.3, -0.25) is 4.98 Å². The lowest BCUT2D eigenvalue weighted by Gasteiger charge is -2.05. The van der Waals surface area contributed by atoms with Gasteiger partial charge in [0.05, 0.1) is 10.9 Å². The van der Waals surface area contributed by atoms with Gasteiger partial charge in [0, 0.05) is 18.1 Å². The normalized spacial score (nSPS) is 11.8. The molecule has 0 saturated heterocycles. The maximum absolute atomic E-state index is 12.6. The van der Waals surface area contributed by atoms with E-state index in [0.29, 0.717) is 11.2 Å². The molecule has 3 aromatic rings. The second kappa shape index (κ2) is 4.52. The summed E-state index contributed by atoms with van der Waals surface area (Å²) in [5, 5.41) is 7.18. The third-order valence-electron chi connectivity index (χ3n) is 2.74. The van der Waals surface area contributed by atoms with Gasteiger partial charge in [-0.15, -0.1) is 0 Å². The average molecular weight is 279 g/mol.